The summed E-state index contributed by atoms with van der Waals surface area (Å²) in [7, 11) is 0. The average Bonchev–Trinajstić information content (AvgIpc) is 2.45. The molecular weight excluding hydrogens is 250 g/mol. The van der Waals surface area contributed by atoms with Crippen molar-refractivity contribution in [1.29, 1.82) is 5.26 Å². The third kappa shape index (κ3) is 3.69. The van der Waals surface area contributed by atoms with Crippen LogP contribution in [0, 0.1) is 11.3 Å². The van der Waals surface area contributed by atoms with E-state index in [4.69, 9.17) is 4.74 Å². The zero-order valence-electron chi connectivity index (χ0n) is 11.9. The molecule has 104 valence electrons. The third-order valence-electron chi connectivity index (χ3n) is 2.94. The van der Waals surface area contributed by atoms with Crippen LogP contribution in [0.15, 0.2) is 30.3 Å². The van der Waals surface area contributed by atoms with E-state index in [1.54, 1.807) is 6.07 Å². The van der Waals surface area contributed by atoms with Gasteiger partial charge >= 0.3 is 0 Å². The Morgan fingerprint density at radius 1 is 1.35 bits per heavy atom. The molecule has 2 rings (SSSR count). The van der Waals surface area contributed by atoms with E-state index in [0.717, 1.165) is 23.9 Å². The molecule has 1 aromatic carbocycles. The number of benzene rings is 1. The Hall–Kier alpha value is -2.12. The number of hydrogen-bond acceptors (Lipinski definition) is 4. The van der Waals surface area contributed by atoms with Gasteiger partial charge in [0.25, 0.3) is 0 Å². The van der Waals surface area contributed by atoms with Crippen molar-refractivity contribution in [2.75, 3.05) is 13.2 Å². The topological polar surface area (TPSA) is 57.9 Å². The highest BCUT2D eigenvalue weighted by Crippen LogP contribution is 2.21. The molecule has 1 N–H and O–H groups in total. The molecule has 20 heavy (non-hydrogen) atoms. The van der Waals surface area contributed by atoms with Crippen LogP contribution in [0.25, 0.3) is 10.9 Å². The van der Waals surface area contributed by atoms with Crippen LogP contribution < -0.4 is 10.1 Å². The second kappa shape index (κ2) is 6.88. The number of aromatic nitrogens is 1. The largest absolute Gasteiger partial charge is 0.478 e. The van der Waals surface area contributed by atoms with Crippen molar-refractivity contribution in [2.24, 2.45) is 0 Å². The average molecular weight is 269 g/mol. The first-order valence-electron chi connectivity index (χ1n) is 6.87. The number of fused-ring (bicyclic) bond motifs is 1. The van der Waals surface area contributed by atoms with Gasteiger partial charge in [-0.05, 0) is 19.0 Å². The van der Waals surface area contributed by atoms with Gasteiger partial charge in [-0.3, -0.25) is 0 Å². The number of pyridine rings is 1. The van der Waals surface area contributed by atoms with Gasteiger partial charge in [0.05, 0.1) is 17.7 Å². The molecule has 1 aromatic heterocycles. The van der Waals surface area contributed by atoms with Gasteiger partial charge in [0.2, 0.25) is 5.88 Å². The first kappa shape index (κ1) is 14.3. The maximum Gasteiger partial charge on any atom is 0.215 e. The fraction of sp³-hybridized carbons (Fsp3) is 0.375. The Morgan fingerprint density at radius 3 is 2.90 bits per heavy atom. The molecule has 0 saturated carbocycles. The second-order valence-electron chi connectivity index (χ2n) is 4.95. The van der Waals surface area contributed by atoms with Crippen molar-refractivity contribution in [3.63, 3.8) is 0 Å². The fourth-order valence-electron chi connectivity index (χ4n) is 1.96. The smallest absolute Gasteiger partial charge is 0.215 e. The normalized spacial score (nSPS) is 10.7. The van der Waals surface area contributed by atoms with Crippen molar-refractivity contribution in [1.82, 2.24) is 10.3 Å². The van der Waals surface area contributed by atoms with Gasteiger partial charge in [-0.1, -0.05) is 32.0 Å². The van der Waals surface area contributed by atoms with Crippen molar-refractivity contribution in [2.45, 2.75) is 26.3 Å². The Balaban J connectivity index is 2.02. The number of nitrogens with one attached hydrogen (secondary N) is 1. The molecule has 0 saturated heterocycles. The Labute approximate surface area is 119 Å². The number of nitrogens with zero attached hydrogens (tertiary/aromatic N) is 2. The van der Waals surface area contributed by atoms with Gasteiger partial charge in [0, 0.05) is 17.5 Å². The highest BCUT2D eigenvalue weighted by Gasteiger charge is 2.05. The van der Waals surface area contributed by atoms with Crippen LogP contribution in [-0.2, 0) is 0 Å². The van der Waals surface area contributed by atoms with Crippen LogP contribution in [0.4, 0.5) is 0 Å². The summed E-state index contributed by atoms with van der Waals surface area (Å²) >= 11 is 0. The van der Waals surface area contributed by atoms with E-state index in [-0.39, 0.29) is 0 Å². The maximum atomic E-state index is 9.19. The molecule has 0 radical (unpaired) electrons. The highest BCUT2D eigenvalue weighted by molar-refractivity contribution is 5.85. The van der Waals surface area contributed by atoms with Crippen molar-refractivity contribution >= 4 is 10.9 Å². The lowest BCUT2D eigenvalue weighted by Crippen LogP contribution is -2.24. The van der Waals surface area contributed by atoms with Crippen LogP contribution in [0.2, 0.25) is 0 Å². The summed E-state index contributed by atoms with van der Waals surface area (Å²) in [4.78, 5) is 4.42. The Morgan fingerprint density at radius 2 is 2.15 bits per heavy atom. The summed E-state index contributed by atoms with van der Waals surface area (Å²) in [6.07, 6.45) is 0.911. The zero-order valence-corrected chi connectivity index (χ0v) is 11.9. The molecule has 0 fully saturated rings. The summed E-state index contributed by atoms with van der Waals surface area (Å²) < 4.78 is 5.64. The minimum absolute atomic E-state index is 0.485. The second-order valence-corrected chi connectivity index (χ2v) is 4.95. The van der Waals surface area contributed by atoms with E-state index in [1.165, 1.54) is 0 Å². The van der Waals surface area contributed by atoms with E-state index < -0.39 is 0 Å². The van der Waals surface area contributed by atoms with Crippen molar-refractivity contribution in [3.8, 4) is 11.9 Å². The number of para-hydroxylation sites is 1. The Kier molecular flexibility index (Phi) is 4.91. The van der Waals surface area contributed by atoms with Gasteiger partial charge in [0.1, 0.15) is 6.07 Å². The summed E-state index contributed by atoms with van der Waals surface area (Å²) in [5.74, 6) is 0.518. The summed E-state index contributed by atoms with van der Waals surface area (Å²) in [5.41, 5.74) is 1.40. The lowest BCUT2D eigenvalue weighted by molar-refractivity contribution is 0.296. The first-order chi connectivity index (χ1) is 9.70. The molecule has 0 aliphatic rings. The summed E-state index contributed by atoms with van der Waals surface area (Å²) in [6.45, 7) is 5.74. The van der Waals surface area contributed by atoms with Crippen LogP contribution in [0.1, 0.15) is 25.8 Å². The molecule has 0 bridgehead atoms. The molecule has 0 atom stereocenters. The lowest BCUT2D eigenvalue weighted by atomic mass is 10.1. The fourth-order valence-corrected chi connectivity index (χ4v) is 1.96. The van der Waals surface area contributed by atoms with Crippen molar-refractivity contribution < 1.29 is 4.74 Å². The van der Waals surface area contributed by atoms with Gasteiger partial charge in [-0.25, -0.2) is 4.98 Å². The first-order valence-corrected chi connectivity index (χ1v) is 6.87. The van der Waals surface area contributed by atoms with Gasteiger partial charge in [-0.15, -0.1) is 0 Å². The quantitative estimate of drug-likeness (QED) is 0.819. The van der Waals surface area contributed by atoms with Gasteiger partial charge in [-0.2, -0.15) is 5.26 Å². The molecular formula is C16H19N3O. The van der Waals surface area contributed by atoms with Gasteiger partial charge in [0.15, 0.2) is 0 Å². The van der Waals surface area contributed by atoms with E-state index in [0.29, 0.717) is 24.1 Å². The predicted molar refractivity (Wildman–Crippen MR) is 79.7 cm³/mol. The maximum absolute atomic E-state index is 9.19. The van der Waals surface area contributed by atoms with Crippen LogP contribution in [0.5, 0.6) is 5.88 Å². The molecule has 2 aromatic rings. The highest BCUT2D eigenvalue weighted by atomic mass is 16.5. The van der Waals surface area contributed by atoms with E-state index in [9.17, 15) is 5.26 Å². The van der Waals surface area contributed by atoms with E-state index >= 15 is 0 Å². The Bertz CT molecular complexity index is 617. The monoisotopic (exact) mass is 269 g/mol. The standard InChI is InChI=1S/C16H19N3O/c1-12(2)18-8-5-9-20-16-10-13(11-17)14-6-3-4-7-15(14)19-16/h3-4,6-7,10,12,18H,5,8-9H2,1-2H3. The SMILES string of the molecule is CC(C)NCCCOc1cc(C#N)c2ccccc2n1. The summed E-state index contributed by atoms with van der Waals surface area (Å²) in [6, 6.07) is 12.0. The number of rotatable bonds is 6. The molecule has 4 nitrogen and oxygen atoms in total. The molecule has 0 spiro atoms. The predicted octanol–water partition coefficient (Wildman–Crippen LogP) is 2.87. The third-order valence-corrected chi connectivity index (χ3v) is 2.94. The molecule has 0 aliphatic heterocycles. The minimum atomic E-state index is 0.485. The van der Waals surface area contributed by atoms with Crippen LogP contribution >= 0.6 is 0 Å². The summed E-state index contributed by atoms with van der Waals surface area (Å²) in [5, 5.41) is 13.4. The van der Waals surface area contributed by atoms with E-state index in [2.05, 4.69) is 30.2 Å². The van der Waals surface area contributed by atoms with E-state index in [1.807, 2.05) is 24.3 Å². The molecule has 4 heteroatoms. The zero-order chi connectivity index (χ0) is 14.4. The van der Waals surface area contributed by atoms with Crippen LogP contribution in [0.3, 0.4) is 0 Å². The number of ether oxygens (including phenoxy) is 1. The molecule has 1 heterocycles. The number of hydrogen-bond donors (Lipinski definition) is 1. The lowest BCUT2D eigenvalue weighted by Gasteiger charge is -2.09. The van der Waals surface area contributed by atoms with Gasteiger partial charge < -0.3 is 10.1 Å². The molecule has 0 aliphatic carbocycles. The minimum Gasteiger partial charge on any atom is -0.478 e. The number of nitriles is 1. The van der Waals surface area contributed by atoms with Crippen molar-refractivity contribution in [3.05, 3.63) is 35.9 Å². The molecule has 0 amide bonds. The van der Waals surface area contributed by atoms with Crippen LogP contribution in [-0.4, -0.2) is 24.2 Å². The molecule has 0 unspecified atom stereocenters.